The number of benzene rings is 2. The predicted octanol–water partition coefficient (Wildman–Crippen LogP) is 4.11. The molecule has 0 aliphatic rings. The molecule has 2 amide bonds. The van der Waals surface area contributed by atoms with Crippen molar-refractivity contribution < 1.29 is 19.1 Å². The summed E-state index contributed by atoms with van der Waals surface area (Å²) in [6.45, 7) is 0.310. The van der Waals surface area contributed by atoms with Crippen molar-refractivity contribution in [2.45, 2.75) is 0 Å². The normalized spacial score (nSPS) is 9.92. The number of hydrogen-bond acceptors (Lipinski definition) is 4. The number of amides is 2. The number of carbonyl (C=O) groups is 2. The number of alkyl halides is 1. The number of methoxy groups -OCH3 is 1. The van der Waals surface area contributed by atoms with Gasteiger partial charge in [0.2, 0.25) is 0 Å². The van der Waals surface area contributed by atoms with E-state index >= 15 is 0 Å². The highest BCUT2D eigenvalue weighted by Gasteiger charge is 2.17. The maximum absolute atomic E-state index is 12.4. The minimum absolute atomic E-state index is 0.272. The molecular weight excluding hydrogens is 332 g/mol. The van der Waals surface area contributed by atoms with Crippen LogP contribution in [0.25, 0.3) is 0 Å². The topological polar surface area (TPSA) is 67.9 Å². The first kappa shape index (κ1) is 17.6. The number of hydrogen-bond donors (Lipinski definition) is 1. The Morgan fingerprint density at radius 2 is 1.88 bits per heavy atom. The summed E-state index contributed by atoms with van der Waals surface area (Å²) >= 11 is 5.78. The lowest BCUT2D eigenvalue weighted by atomic mass is 10.3. The van der Waals surface area contributed by atoms with E-state index in [2.05, 4.69) is 10.1 Å². The Hall–Kier alpha value is -2.73. The van der Waals surface area contributed by atoms with Crippen molar-refractivity contribution in [2.75, 3.05) is 29.8 Å². The fraction of sp³-hybridized carbons (Fsp3) is 0.176. The van der Waals surface area contributed by atoms with Gasteiger partial charge in [-0.1, -0.05) is 24.3 Å². The molecule has 6 nitrogen and oxygen atoms in total. The molecule has 2 aromatic carbocycles. The van der Waals surface area contributed by atoms with Gasteiger partial charge >= 0.3 is 12.2 Å². The van der Waals surface area contributed by atoms with Gasteiger partial charge in [-0.05, 0) is 24.3 Å². The molecule has 0 heterocycles. The molecule has 0 bridgehead atoms. The monoisotopic (exact) mass is 348 g/mol. The van der Waals surface area contributed by atoms with E-state index in [1.807, 2.05) is 18.2 Å². The van der Waals surface area contributed by atoms with E-state index in [-0.39, 0.29) is 5.88 Å². The first-order valence-electron chi connectivity index (χ1n) is 7.19. The second-order valence-electron chi connectivity index (χ2n) is 4.69. The van der Waals surface area contributed by atoms with Crippen LogP contribution in [-0.2, 0) is 4.74 Å². The SMILES string of the molecule is COC(=O)Nc1cccc(OC(=O)N(CCCl)c2ccccc2)c1. The van der Waals surface area contributed by atoms with Gasteiger partial charge in [-0.3, -0.25) is 10.2 Å². The van der Waals surface area contributed by atoms with E-state index in [0.29, 0.717) is 23.7 Å². The van der Waals surface area contributed by atoms with Crippen LogP contribution >= 0.6 is 11.6 Å². The highest BCUT2D eigenvalue weighted by molar-refractivity contribution is 6.18. The maximum Gasteiger partial charge on any atom is 0.419 e. The molecule has 0 unspecified atom stereocenters. The zero-order chi connectivity index (χ0) is 17.4. The maximum atomic E-state index is 12.4. The standard InChI is InChI=1S/C17H17ClN2O4/c1-23-16(21)19-13-6-5-9-15(12-13)24-17(22)20(11-10-18)14-7-3-2-4-8-14/h2-9,12H,10-11H2,1H3,(H,19,21). The molecule has 7 heteroatoms. The van der Waals surface area contributed by atoms with E-state index < -0.39 is 12.2 Å². The lowest BCUT2D eigenvalue weighted by Gasteiger charge is -2.21. The third-order valence-corrected chi connectivity index (χ3v) is 3.24. The summed E-state index contributed by atoms with van der Waals surface area (Å²) < 4.78 is 9.90. The number of anilines is 2. The third kappa shape index (κ3) is 4.89. The quantitative estimate of drug-likeness (QED) is 0.826. The second kappa shape index (κ2) is 8.79. The van der Waals surface area contributed by atoms with Crippen LogP contribution in [-0.4, -0.2) is 31.7 Å². The number of para-hydroxylation sites is 1. The first-order valence-corrected chi connectivity index (χ1v) is 7.73. The van der Waals surface area contributed by atoms with Crippen molar-refractivity contribution in [2.24, 2.45) is 0 Å². The van der Waals surface area contributed by atoms with E-state index in [4.69, 9.17) is 16.3 Å². The zero-order valence-corrected chi connectivity index (χ0v) is 13.8. The summed E-state index contributed by atoms with van der Waals surface area (Å²) in [5, 5.41) is 2.50. The van der Waals surface area contributed by atoms with Crippen LogP contribution in [0, 0.1) is 0 Å². The van der Waals surface area contributed by atoms with Crippen LogP contribution in [0.1, 0.15) is 0 Å². The van der Waals surface area contributed by atoms with Crippen LogP contribution in [0.3, 0.4) is 0 Å². The number of nitrogens with one attached hydrogen (secondary N) is 1. The van der Waals surface area contributed by atoms with Crippen LogP contribution < -0.4 is 15.0 Å². The van der Waals surface area contributed by atoms with Crippen molar-refractivity contribution in [1.29, 1.82) is 0 Å². The van der Waals surface area contributed by atoms with Gasteiger partial charge < -0.3 is 9.47 Å². The molecule has 0 fully saturated rings. The fourth-order valence-corrected chi connectivity index (χ4v) is 2.15. The van der Waals surface area contributed by atoms with Crippen LogP contribution in [0.15, 0.2) is 54.6 Å². The average molecular weight is 349 g/mol. The number of ether oxygens (including phenoxy) is 2. The lowest BCUT2D eigenvalue weighted by molar-refractivity contribution is 0.187. The van der Waals surface area contributed by atoms with Gasteiger partial charge in [0.1, 0.15) is 5.75 Å². The van der Waals surface area contributed by atoms with Crippen molar-refractivity contribution in [1.82, 2.24) is 0 Å². The summed E-state index contributed by atoms with van der Waals surface area (Å²) in [4.78, 5) is 25.1. The van der Waals surface area contributed by atoms with Crippen molar-refractivity contribution in [3.63, 3.8) is 0 Å². The van der Waals surface area contributed by atoms with Crippen molar-refractivity contribution in [3.8, 4) is 5.75 Å². The van der Waals surface area contributed by atoms with Crippen LogP contribution in [0.5, 0.6) is 5.75 Å². The van der Waals surface area contributed by atoms with Gasteiger partial charge in [0.05, 0.1) is 7.11 Å². The number of carbonyl (C=O) groups excluding carboxylic acids is 2. The van der Waals surface area contributed by atoms with Gasteiger partial charge in [-0.2, -0.15) is 0 Å². The van der Waals surface area contributed by atoms with Crippen LogP contribution in [0.2, 0.25) is 0 Å². The van der Waals surface area contributed by atoms with E-state index in [0.717, 1.165) is 0 Å². The second-order valence-corrected chi connectivity index (χ2v) is 5.07. The molecule has 0 atom stereocenters. The molecule has 126 valence electrons. The van der Waals surface area contributed by atoms with Gasteiger partial charge in [0.25, 0.3) is 0 Å². The summed E-state index contributed by atoms with van der Waals surface area (Å²) in [5.41, 5.74) is 1.14. The zero-order valence-electron chi connectivity index (χ0n) is 13.1. The molecule has 0 aromatic heterocycles. The molecule has 1 N–H and O–H groups in total. The Labute approximate surface area is 144 Å². The van der Waals surface area contributed by atoms with Gasteiger partial charge in [0, 0.05) is 29.9 Å². The molecule has 0 spiro atoms. The van der Waals surface area contributed by atoms with Crippen molar-refractivity contribution >= 4 is 35.2 Å². The van der Waals surface area contributed by atoms with Crippen LogP contribution in [0.4, 0.5) is 21.0 Å². The molecule has 0 aliphatic carbocycles. The minimum Gasteiger partial charge on any atom is -0.453 e. The number of halogens is 1. The van der Waals surface area contributed by atoms with E-state index in [1.165, 1.54) is 18.1 Å². The highest BCUT2D eigenvalue weighted by atomic mass is 35.5. The Bertz CT molecular complexity index is 694. The molecule has 2 rings (SSSR count). The fourth-order valence-electron chi connectivity index (χ4n) is 1.98. The van der Waals surface area contributed by atoms with Gasteiger partial charge in [0.15, 0.2) is 0 Å². The van der Waals surface area contributed by atoms with E-state index in [9.17, 15) is 9.59 Å². The third-order valence-electron chi connectivity index (χ3n) is 3.07. The smallest absolute Gasteiger partial charge is 0.419 e. The minimum atomic E-state index is -0.605. The average Bonchev–Trinajstić information content (AvgIpc) is 2.60. The predicted molar refractivity (Wildman–Crippen MR) is 93.0 cm³/mol. The largest absolute Gasteiger partial charge is 0.453 e. The summed E-state index contributed by atoms with van der Waals surface area (Å²) in [6.07, 6.45) is -1.16. The Kier molecular flexibility index (Phi) is 6.45. The highest BCUT2D eigenvalue weighted by Crippen LogP contribution is 2.20. The van der Waals surface area contributed by atoms with Gasteiger partial charge in [-0.15, -0.1) is 11.6 Å². The molecule has 0 saturated carbocycles. The van der Waals surface area contributed by atoms with E-state index in [1.54, 1.807) is 30.3 Å². The Morgan fingerprint density at radius 3 is 2.54 bits per heavy atom. The molecular formula is C17H17ClN2O4. The summed E-state index contributed by atoms with van der Waals surface area (Å²) in [7, 11) is 1.27. The molecule has 2 aromatic rings. The number of rotatable bonds is 5. The Balaban J connectivity index is 2.12. The number of nitrogens with zero attached hydrogens (tertiary/aromatic N) is 1. The molecule has 0 aliphatic heterocycles. The molecule has 0 radical (unpaired) electrons. The summed E-state index contributed by atoms with van der Waals surface area (Å²) in [6, 6.07) is 15.5. The van der Waals surface area contributed by atoms with Crippen molar-refractivity contribution in [3.05, 3.63) is 54.6 Å². The molecule has 24 heavy (non-hydrogen) atoms. The summed E-state index contributed by atoms with van der Waals surface area (Å²) in [5.74, 6) is 0.568. The Morgan fingerprint density at radius 1 is 1.12 bits per heavy atom. The lowest BCUT2D eigenvalue weighted by Crippen LogP contribution is -2.35. The first-order chi connectivity index (χ1) is 11.6. The van der Waals surface area contributed by atoms with Gasteiger partial charge in [-0.25, -0.2) is 9.59 Å². The molecule has 0 saturated heterocycles.